The van der Waals surface area contributed by atoms with Gasteiger partial charge in [-0.2, -0.15) is 9.40 Å². The van der Waals surface area contributed by atoms with Crippen LogP contribution in [0.25, 0.3) is 11.8 Å². The van der Waals surface area contributed by atoms with Crippen molar-refractivity contribution in [1.29, 1.82) is 0 Å². The van der Waals surface area contributed by atoms with E-state index in [9.17, 15) is 22.3 Å². The first-order chi connectivity index (χ1) is 17.5. The van der Waals surface area contributed by atoms with E-state index >= 15 is 0 Å². The maximum atomic E-state index is 13.7. The molecular formula is C27H28ClF2N3O3S. The highest BCUT2D eigenvalue weighted by Crippen LogP contribution is 2.53. The summed E-state index contributed by atoms with van der Waals surface area (Å²) < 4.78 is 57.3. The zero-order valence-corrected chi connectivity index (χ0v) is 22.1. The van der Waals surface area contributed by atoms with Crippen LogP contribution in [0.3, 0.4) is 0 Å². The molecule has 1 N–H and O–H groups in total. The zero-order chi connectivity index (χ0) is 26.5. The van der Waals surface area contributed by atoms with E-state index in [-0.39, 0.29) is 40.2 Å². The summed E-state index contributed by atoms with van der Waals surface area (Å²) in [5.74, 6) is -1.01. The van der Waals surface area contributed by atoms with Crippen molar-refractivity contribution < 1.29 is 22.3 Å². The number of halogens is 3. The Morgan fingerprint density at radius 2 is 1.97 bits per heavy atom. The number of hydrogen-bond donors (Lipinski definition) is 1. The van der Waals surface area contributed by atoms with Crippen LogP contribution in [0.4, 0.5) is 8.78 Å². The number of rotatable bonds is 7. The Morgan fingerprint density at radius 3 is 2.65 bits per heavy atom. The van der Waals surface area contributed by atoms with E-state index in [0.29, 0.717) is 6.42 Å². The summed E-state index contributed by atoms with van der Waals surface area (Å²) in [6.07, 6.45) is 5.33. The third-order valence-corrected chi connectivity index (χ3v) is 9.76. The van der Waals surface area contributed by atoms with Crippen LogP contribution in [0, 0.1) is 23.0 Å². The summed E-state index contributed by atoms with van der Waals surface area (Å²) in [5.41, 5.74) is 3.68. The predicted octanol–water partition coefficient (Wildman–Crippen LogP) is 5.23. The molecule has 0 spiro atoms. The number of nitrogens with zero attached hydrogens (tertiary/aromatic N) is 3. The maximum absolute atomic E-state index is 13.7. The molecule has 3 atom stereocenters. The lowest BCUT2D eigenvalue weighted by molar-refractivity contribution is 0.142. The van der Waals surface area contributed by atoms with Gasteiger partial charge in [-0.3, -0.25) is 0 Å². The van der Waals surface area contributed by atoms with Gasteiger partial charge in [0.05, 0.1) is 33.6 Å². The van der Waals surface area contributed by atoms with Crippen molar-refractivity contribution in [3.8, 4) is 5.69 Å². The number of aliphatic hydroxyl groups excluding tert-OH is 1. The average molecular weight is 548 g/mol. The predicted molar refractivity (Wildman–Crippen MR) is 138 cm³/mol. The van der Waals surface area contributed by atoms with Gasteiger partial charge in [0, 0.05) is 13.1 Å². The molecule has 0 bridgehead atoms. The third kappa shape index (κ3) is 4.74. The number of benzene rings is 2. The molecule has 0 saturated heterocycles. The molecule has 0 amide bonds. The first-order valence-corrected chi connectivity index (χ1v) is 14.0. The average Bonchev–Trinajstić information content (AvgIpc) is 3.38. The second-order valence-corrected chi connectivity index (χ2v) is 12.5. The second-order valence-electron chi connectivity index (χ2n) is 10.2. The summed E-state index contributed by atoms with van der Waals surface area (Å²) in [6.45, 7) is 3.81. The first kappa shape index (κ1) is 26.0. The lowest BCUT2D eigenvalue weighted by atomic mass is 9.70. The molecule has 37 heavy (non-hydrogen) atoms. The largest absolute Gasteiger partial charge is 0.392 e. The quantitative estimate of drug-likeness (QED) is 0.439. The molecule has 5 rings (SSSR count). The normalized spacial score (nSPS) is 22.0. The summed E-state index contributed by atoms with van der Waals surface area (Å²) in [5, 5.41) is 14.4. The van der Waals surface area contributed by atoms with E-state index in [0.717, 1.165) is 41.9 Å². The van der Waals surface area contributed by atoms with Gasteiger partial charge < -0.3 is 5.11 Å². The van der Waals surface area contributed by atoms with Crippen LogP contribution in [0.2, 0.25) is 5.02 Å². The van der Waals surface area contributed by atoms with Gasteiger partial charge >= 0.3 is 0 Å². The molecule has 3 aromatic rings. The summed E-state index contributed by atoms with van der Waals surface area (Å²) in [7, 11) is -4.03. The molecule has 0 aliphatic heterocycles. The SMILES string of the molecule is C[C@@H](O)CN(C[C@H]1CCC2=Cc3c(cnn3-c3ccc(F)cc3)C[C@@]21C)S(=O)(=O)c1ccc(F)c(Cl)c1. The molecule has 196 valence electrons. The van der Waals surface area contributed by atoms with Crippen LogP contribution in [0.15, 0.2) is 59.1 Å². The Hall–Kier alpha value is -2.59. The van der Waals surface area contributed by atoms with E-state index < -0.39 is 21.9 Å². The Morgan fingerprint density at radius 1 is 1.24 bits per heavy atom. The molecule has 0 radical (unpaired) electrons. The van der Waals surface area contributed by atoms with Crippen molar-refractivity contribution in [2.75, 3.05) is 13.1 Å². The van der Waals surface area contributed by atoms with Gasteiger partial charge in [-0.25, -0.2) is 21.9 Å². The molecule has 2 aromatic carbocycles. The van der Waals surface area contributed by atoms with Crippen LogP contribution < -0.4 is 0 Å². The van der Waals surface area contributed by atoms with E-state index in [1.165, 1.54) is 28.1 Å². The van der Waals surface area contributed by atoms with E-state index in [1.807, 2.05) is 6.20 Å². The highest BCUT2D eigenvalue weighted by Gasteiger charge is 2.47. The number of aromatic nitrogens is 2. The molecule has 1 fully saturated rings. The second kappa shape index (κ2) is 9.62. The molecule has 2 aliphatic carbocycles. The monoisotopic (exact) mass is 547 g/mol. The lowest BCUT2D eigenvalue weighted by Gasteiger charge is -2.38. The topological polar surface area (TPSA) is 75.4 Å². The Labute approximate surface area is 220 Å². The number of fused-ring (bicyclic) bond motifs is 2. The van der Waals surface area contributed by atoms with Crippen molar-refractivity contribution in [2.45, 2.75) is 44.1 Å². The smallest absolute Gasteiger partial charge is 0.243 e. The van der Waals surface area contributed by atoms with Crippen molar-refractivity contribution >= 4 is 27.7 Å². The molecule has 1 saturated carbocycles. The standard InChI is InChI=1S/C27H28ClF2N3O3S/c1-17(34)15-32(37(35,36)23-9-10-25(30)24(28)12-23)16-20-4-3-19-11-26-18(13-27(19,20)2)14-31-33(26)22-7-5-21(29)6-8-22/h5-12,14,17,20,34H,3-4,13,15-16H2,1-2H3/t17-,20-,27+/m1/s1. The third-order valence-electron chi connectivity index (χ3n) is 7.64. The molecule has 1 aromatic heterocycles. The highest BCUT2D eigenvalue weighted by molar-refractivity contribution is 7.89. The summed E-state index contributed by atoms with van der Waals surface area (Å²) in [4.78, 5) is -0.107. The van der Waals surface area contributed by atoms with Crippen molar-refractivity contribution in [1.82, 2.24) is 14.1 Å². The molecule has 0 unspecified atom stereocenters. The first-order valence-electron chi connectivity index (χ1n) is 12.2. The minimum Gasteiger partial charge on any atom is -0.392 e. The maximum Gasteiger partial charge on any atom is 0.243 e. The van der Waals surface area contributed by atoms with Gasteiger partial charge in [0.1, 0.15) is 11.6 Å². The van der Waals surface area contributed by atoms with E-state index in [4.69, 9.17) is 11.6 Å². The Bertz CT molecular complexity index is 1470. The van der Waals surface area contributed by atoms with Crippen LogP contribution in [0.1, 0.15) is 37.9 Å². The van der Waals surface area contributed by atoms with Crippen LogP contribution >= 0.6 is 11.6 Å². The van der Waals surface area contributed by atoms with Gasteiger partial charge in [0.2, 0.25) is 10.0 Å². The summed E-state index contributed by atoms with van der Waals surface area (Å²) in [6, 6.07) is 9.53. The fourth-order valence-corrected chi connectivity index (χ4v) is 7.45. The Kier molecular flexibility index (Phi) is 6.77. The zero-order valence-electron chi connectivity index (χ0n) is 20.5. The fraction of sp³-hybridized carbons (Fsp3) is 0.370. The van der Waals surface area contributed by atoms with Gasteiger partial charge in [-0.05, 0) is 91.6 Å². The van der Waals surface area contributed by atoms with Crippen LogP contribution in [-0.2, 0) is 16.4 Å². The van der Waals surface area contributed by atoms with E-state index in [2.05, 4.69) is 18.1 Å². The highest BCUT2D eigenvalue weighted by atomic mass is 35.5. The van der Waals surface area contributed by atoms with Crippen LogP contribution in [0.5, 0.6) is 0 Å². The number of allylic oxidation sites excluding steroid dienone is 1. The van der Waals surface area contributed by atoms with Crippen molar-refractivity contribution in [3.63, 3.8) is 0 Å². The number of hydrogen-bond acceptors (Lipinski definition) is 4. The van der Waals surface area contributed by atoms with Crippen molar-refractivity contribution in [2.24, 2.45) is 11.3 Å². The number of sulfonamides is 1. The fourth-order valence-electron chi connectivity index (χ4n) is 5.61. The molecule has 2 aliphatic rings. The molecular weight excluding hydrogens is 520 g/mol. The lowest BCUT2D eigenvalue weighted by Crippen LogP contribution is -2.43. The molecule has 10 heteroatoms. The van der Waals surface area contributed by atoms with E-state index in [1.54, 1.807) is 23.7 Å². The minimum absolute atomic E-state index is 0.00878. The van der Waals surface area contributed by atoms with Gasteiger partial charge in [-0.1, -0.05) is 24.1 Å². The van der Waals surface area contributed by atoms with Gasteiger partial charge in [0.25, 0.3) is 0 Å². The van der Waals surface area contributed by atoms with Crippen LogP contribution in [-0.4, -0.2) is 46.8 Å². The van der Waals surface area contributed by atoms with Crippen molar-refractivity contribution in [3.05, 3.63) is 82.1 Å². The van der Waals surface area contributed by atoms with Gasteiger partial charge in [0.15, 0.2) is 0 Å². The summed E-state index contributed by atoms with van der Waals surface area (Å²) >= 11 is 5.87. The minimum atomic E-state index is -4.03. The number of aliphatic hydroxyl groups is 1. The Balaban J connectivity index is 1.45. The van der Waals surface area contributed by atoms with Gasteiger partial charge in [-0.15, -0.1) is 0 Å². The molecule has 1 heterocycles. The molecule has 6 nitrogen and oxygen atoms in total.